The van der Waals surface area contributed by atoms with Crippen LogP contribution in [0, 0.1) is 10.1 Å². The van der Waals surface area contributed by atoms with Crippen LogP contribution >= 0.6 is 11.6 Å². The van der Waals surface area contributed by atoms with Crippen LogP contribution < -0.4 is 10.2 Å². The van der Waals surface area contributed by atoms with Gasteiger partial charge in [-0.3, -0.25) is 14.9 Å². The largest absolute Gasteiger partial charge is 0.483 e. The number of benzene rings is 3. The molecule has 0 heterocycles. The zero-order valence-electron chi connectivity index (χ0n) is 15.1. The molecule has 0 aliphatic rings. The lowest BCUT2D eigenvalue weighted by molar-refractivity contribution is -0.384. The zero-order chi connectivity index (χ0) is 20.6. The maximum absolute atomic E-state index is 12.0. The summed E-state index contributed by atoms with van der Waals surface area (Å²) in [5, 5.41) is 14.7. The molecule has 0 fully saturated rings. The SMILES string of the molecule is O=C(COc1ccccc1-c1ccccc1)N/N=C/c1ccc(Cl)c([N+](=O)[O-])c1. The molecule has 0 radical (unpaired) electrons. The molecule has 0 aromatic heterocycles. The van der Waals surface area contributed by atoms with Gasteiger partial charge in [-0.25, -0.2) is 5.43 Å². The average Bonchev–Trinajstić information content (AvgIpc) is 2.74. The summed E-state index contributed by atoms with van der Waals surface area (Å²) in [6.07, 6.45) is 1.29. The molecule has 0 aliphatic carbocycles. The van der Waals surface area contributed by atoms with E-state index in [2.05, 4.69) is 10.5 Å². The predicted octanol–water partition coefficient (Wildman–Crippen LogP) is 4.44. The molecule has 146 valence electrons. The second kappa shape index (κ2) is 9.48. The molecular weight excluding hydrogens is 394 g/mol. The number of carbonyl (C=O) groups excluding carboxylic acids is 1. The molecular formula is C21H16ClN3O4. The molecule has 3 aromatic carbocycles. The molecule has 0 atom stereocenters. The van der Waals surface area contributed by atoms with Gasteiger partial charge in [0.1, 0.15) is 10.8 Å². The van der Waals surface area contributed by atoms with Gasteiger partial charge in [-0.1, -0.05) is 66.2 Å². The maximum Gasteiger partial charge on any atom is 0.288 e. The second-order valence-electron chi connectivity index (χ2n) is 5.91. The number of nitro groups is 1. The van der Waals surface area contributed by atoms with E-state index in [1.807, 2.05) is 48.5 Å². The standard InChI is InChI=1S/C21H16ClN3O4/c22-18-11-10-15(12-19(18)25(27)28)13-23-24-21(26)14-29-20-9-5-4-8-17(20)16-6-2-1-3-7-16/h1-13H,14H2,(H,24,26)/b23-13+. The van der Waals surface area contributed by atoms with Crippen molar-refractivity contribution in [3.05, 3.63) is 93.5 Å². The average molecular weight is 410 g/mol. The molecule has 0 bridgehead atoms. The quantitative estimate of drug-likeness (QED) is 0.354. The van der Waals surface area contributed by atoms with Crippen molar-refractivity contribution in [1.29, 1.82) is 0 Å². The topological polar surface area (TPSA) is 93.8 Å². The Hall–Kier alpha value is -3.71. The highest BCUT2D eigenvalue weighted by Crippen LogP contribution is 2.29. The van der Waals surface area contributed by atoms with Crippen molar-refractivity contribution >= 4 is 29.4 Å². The van der Waals surface area contributed by atoms with Crippen LogP contribution in [0.3, 0.4) is 0 Å². The fraction of sp³-hybridized carbons (Fsp3) is 0.0476. The van der Waals surface area contributed by atoms with Crippen molar-refractivity contribution in [3.8, 4) is 16.9 Å². The van der Waals surface area contributed by atoms with Crippen molar-refractivity contribution in [2.75, 3.05) is 6.61 Å². The molecule has 8 heteroatoms. The van der Waals surface area contributed by atoms with Crippen LogP contribution in [0.4, 0.5) is 5.69 Å². The van der Waals surface area contributed by atoms with Gasteiger partial charge < -0.3 is 4.74 Å². The number of hydrogen-bond acceptors (Lipinski definition) is 5. The summed E-state index contributed by atoms with van der Waals surface area (Å²) in [4.78, 5) is 22.3. The number of ether oxygens (including phenoxy) is 1. The molecule has 7 nitrogen and oxygen atoms in total. The van der Waals surface area contributed by atoms with Crippen LogP contribution in [0.1, 0.15) is 5.56 Å². The second-order valence-corrected chi connectivity index (χ2v) is 6.32. The van der Waals surface area contributed by atoms with E-state index >= 15 is 0 Å². The zero-order valence-corrected chi connectivity index (χ0v) is 15.9. The van der Waals surface area contributed by atoms with Gasteiger partial charge in [-0.15, -0.1) is 0 Å². The lowest BCUT2D eigenvalue weighted by Crippen LogP contribution is -2.24. The van der Waals surface area contributed by atoms with E-state index in [-0.39, 0.29) is 17.3 Å². The first-order valence-electron chi connectivity index (χ1n) is 8.57. The third kappa shape index (κ3) is 5.40. The third-order valence-corrected chi connectivity index (χ3v) is 4.22. The summed E-state index contributed by atoms with van der Waals surface area (Å²) in [6.45, 7) is -0.234. The Bertz CT molecular complexity index is 1050. The van der Waals surface area contributed by atoms with E-state index < -0.39 is 10.8 Å². The predicted molar refractivity (Wildman–Crippen MR) is 111 cm³/mol. The van der Waals surface area contributed by atoms with Gasteiger partial charge in [-0.05, 0) is 17.7 Å². The fourth-order valence-electron chi connectivity index (χ4n) is 2.55. The van der Waals surface area contributed by atoms with E-state index in [0.717, 1.165) is 11.1 Å². The number of nitrogens with one attached hydrogen (secondary N) is 1. The Balaban J connectivity index is 1.60. The monoisotopic (exact) mass is 409 g/mol. The normalized spacial score (nSPS) is 10.7. The van der Waals surface area contributed by atoms with Gasteiger partial charge in [0.15, 0.2) is 6.61 Å². The first-order chi connectivity index (χ1) is 14.0. The first-order valence-corrected chi connectivity index (χ1v) is 8.95. The van der Waals surface area contributed by atoms with E-state index in [4.69, 9.17) is 16.3 Å². The minimum atomic E-state index is -0.587. The van der Waals surface area contributed by atoms with Crippen LogP contribution in [0.15, 0.2) is 77.9 Å². The fourth-order valence-corrected chi connectivity index (χ4v) is 2.74. The summed E-state index contributed by atoms with van der Waals surface area (Å²) in [5.74, 6) is 0.110. The van der Waals surface area contributed by atoms with Gasteiger partial charge in [-0.2, -0.15) is 5.10 Å². The Morgan fingerprint density at radius 2 is 1.83 bits per heavy atom. The minimum Gasteiger partial charge on any atom is -0.483 e. The van der Waals surface area contributed by atoms with E-state index in [1.165, 1.54) is 18.3 Å². The molecule has 29 heavy (non-hydrogen) atoms. The summed E-state index contributed by atoms with van der Waals surface area (Å²) in [5.41, 5.74) is 4.37. The third-order valence-electron chi connectivity index (χ3n) is 3.90. The van der Waals surface area contributed by atoms with Crippen molar-refractivity contribution in [2.45, 2.75) is 0 Å². The summed E-state index contributed by atoms with van der Waals surface area (Å²) in [7, 11) is 0. The van der Waals surface area contributed by atoms with E-state index in [9.17, 15) is 14.9 Å². The van der Waals surface area contributed by atoms with E-state index in [1.54, 1.807) is 12.1 Å². The van der Waals surface area contributed by atoms with Crippen LogP contribution in [-0.4, -0.2) is 23.7 Å². The van der Waals surface area contributed by atoms with Crippen LogP contribution in [0.5, 0.6) is 5.75 Å². The van der Waals surface area contributed by atoms with E-state index in [0.29, 0.717) is 11.3 Å². The van der Waals surface area contributed by atoms with Gasteiger partial charge in [0.25, 0.3) is 11.6 Å². The number of halogens is 1. The first kappa shape index (κ1) is 20.0. The molecule has 1 N–H and O–H groups in total. The van der Waals surface area contributed by atoms with Crippen molar-refractivity contribution in [1.82, 2.24) is 5.43 Å². The van der Waals surface area contributed by atoms with Crippen molar-refractivity contribution in [2.24, 2.45) is 5.10 Å². The molecule has 0 saturated heterocycles. The lowest BCUT2D eigenvalue weighted by atomic mass is 10.1. The summed E-state index contributed by atoms with van der Waals surface area (Å²) < 4.78 is 5.63. The number of hydrogen-bond donors (Lipinski definition) is 1. The molecule has 0 unspecified atom stereocenters. The highest BCUT2D eigenvalue weighted by atomic mass is 35.5. The molecule has 0 aliphatic heterocycles. The highest BCUT2D eigenvalue weighted by Gasteiger charge is 2.12. The van der Waals surface area contributed by atoms with Crippen LogP contribution in [0.25, 0.3) is 11.1 Å². The number of hydrazone groups is 1. The number of nitro benzene ring substituents is 1. The molecule has 1 amide bonds. The smallest absolute Gasteiger partial charge is 0.288 e. The molecule has 3 rings (SSSR count). The van der Waals surface area contributed by atoms with Gasteiger partial charge in [0.2, 0.25) is 0 Å². The number of nitrogens with zero attached hydrogens (tertiary/aromatic N) is 2. The van der Waals surface area contributed by atoms with Gasteiger partial charge in [0.05, 0.1) is 11.1 Å². The number of para-hydroxylation sites is 1. The number of rotatable bonds is 7. The number of carbonyl (C=O) groups is 1. The number of amides is 1. The summed E-state index contributed by atoms with van der Waals surface area (Å²) in [6, 6.07) is 21.3. The van der Waals surface area contributed by atoms with Crippen molar-refractivity contribution in [3.63, 3.8) is 0 Å². The summed E-state index contributed by atoms with van der Waals surface area (Å²) >= 11 is 5.76. The molecule has 0 saturated carbocycles. The highest BCUT2D eigenvalue weighted by molar-refractivity contribution is 6.32. The molecule has 0 spiro atoms. The maximum atomic E-state index is 12.0. The Morgan fingerprint density at radius 3 is 2.59 bits per heavy atom. The van der Waals surface area contributed by atoms with Gasteiger partial charge in [0, 0.05) is 17.2 Å². The van der Waals surface area contributed by atoms with Gasteiger partial charge >= 0.3 is 0 Å². The minimum absolute atomic E-state index is 0.0293. The van der Waals surface area contributed by atoms with Crippen LogP contribution in [-0.2, 0) is 4.79 Å². The van der Waals surface area contributed by atoms with Crippen molar-refractivity contribution < 1.29 is 14.5 Å². The Kier molecular flexibility index (Phi) is 6.55. The lowest BCUT2D eigenvalue weighted by Gasteiger charge is -2.10. The van der Waals surface area contributed by atoms with Crippen LogP contribution in [0.2, 0.25) is 5.02 Å². The Morgan fingerprint density at radius 1 is 1.10 bits per heavy atom. The molecule has 3 aromatic rings. The Labute approximate surface area is 171 Å².